The molecule has 5 nitrogen and oxygen atoms in total. The Morgan fingerprint density at radius 2 is 1.94 bits per heavy atom. The van der Waals surface area contributed by atoms with Crippen LogP contribution in [0.1, 0.15) is 88.5 Å². The third kappa shape index (κ3) is 3.85. The normalized spacial score (nSPS) is 44.6. The van der Waals surface area contributed by atoms with Crippen molar-refractivity contribution in [2.45, 2.75) is 83.7 Å². The molecule has 8 atom stereocenters. The lowest BCUT2D eigenvalue weighted by Gasteiger charge is -2.61. The molecule has 0 bridgehead atoms. The van der Waals surface area contributed by atoms with Gasteiger partial charge in [-0.25, -0.2) is 0 Å². The van der Waals surface area contributed by atoms with E-state index in [0.29, 0.717) is 17.0 Å². The highest BCUT2D eigenvalue weighted by molar-refractivity contribution is 5.92. The Morgan fingerprint density at radius 3 is 2.71 bits per heavy atom. The molecule has 31 heavy (non-hydrogen) atoms. The average molecular weight is 428 g/mol. The first-order chi connectivity index (χ1) is 14.8. The number of carbonyl (C=O) groups is 1. The summed E-state index contributed by atoms with van der Waals surface area (Å²) in [4.78, 5) is 12.6. The van der Waals surface area contributed by atoms with E-state index in [2.05, 4.69) is 24.3 Å². The van der Waals surface area contributed by atoms with E-state index in [1.165, 1.54) is 51.4 Å². The molecule has 4 aliphatic carbocycles. The summed E-state index contributed by atoms with van der Waals surface area (Å²) in [5.74, 6) is 4.66. The van der Waals surface area contributed by atoms with E-state index < -0.39 is 5.60 Å². The second kappa shape index (κ2) is 7.90. The predicted octanol–water partition coefficient (Wildman–Crippen LogP) is 4.56. The van der Waals surface area contributed by atoms with E-state index >= 15 is 0 Å². The maximum Gasteiger partial charge on any atom is 0.271 e. The summed E-state index contributed by atoms with van der Waals surface area (Å²) in [5, 5.41) is 18.1. The van der Waals surface area contributed by atoms with Gasteiger partial charge in [0.25, 0.3) is 5.91 Å². The lowest BCUT2D eigenvalue weighted by Crippen LogP contribution is -2.55. The van der Waals surface area contributed by atoms with Crippen molar-refractivity contribution < 1.29 is 9.90 Å². The molecule has 4 aliphatic rings. The number of aliphatic hydroxyl groups is 1. The highest BCUT2D eigenvalue weighted by Crippen LogP contribution is 2.63. The fourth-order valence-electron chi connectivity index (χ4n) is 8.57. The number of fused-ring (bicyclic) bond motifs is 5. The number of rotatable bonds is 3. The van der Waals surface area contributed by atoms with Gasteiger partial charge in [0.1, 0.15) is 5.69 Å². The van der Waals surface area contributed by atoms with Crippen molar-refractivity contribution in [3.63, 3.8) is 0 Å². The summed E-state index contributed by atoms with van der Waals surface area (Å²) in [6.45, 7) is 5.38. The molecule has 172 valence electrons. The molecule has 4 saturated carbocycles. The number of nitrogens with one attached hydrogen (secondary N) is 1. The molecule has 0 radical (unpaired) electrons. The third-order valence-corrected chi connectivity index (χ3v) is 10.1. The van der Waals surface area contributed by atoms with Gasteiger partial charge in [0.05, 0.1) is 5.60 Å². The highest BCUT2D eigenvalue weighted by atomic mass is 16.3. The molecule has 0 unspecified atom stereocenters. The largest absolute Gasteiger partial charge is 0.390 e. The molecular weight excluding hydrogens is 386 g/mol. The predicted molar refractivity (Wildman–Crippen MR) is 121 cm³/mol. The Kier molecular flexibility index (Phi) is 5.47. The maximum absolute atomic E-state index is 12.6. The van der Waals surface area contributed by atoms with Gasteiger partial charge in [0.2, 0.25) is 0 Å². The molecule has 5 heteroatoms. The second-order valence-electron chi connectivity index (χ2n) is 11.9. The van der Waals surface area contributed by atoms with Gasteiger partial charge in [-0.2, -0.15) is 5.10 Å². The number of amides is 1. The highest BCUT2D eigenvalue weighted by Gasteiger charge is 2.55. The van der Waals surface area contributed by atoms with E-state index in [1.807, 2.05) is 13.2 Å². The molecule has 4 fully saturated rings. The van der Waals surface area contributed by atoms with Crippen molar-refractivity contribution in [1.29, 1.82) is 0 Å². The molecule has 0 aliphatic heterocycles. The van der Waals surface area contributed by atoms with Gasteiger partial charge in [-0.15, -0.1) is 0 Å². The van der Waals surface area contributed by atoms with Crippen LogP contribution in [-0.4, -0.2) is 32.9 Å². The summed E-state index contributed by atoms with van der Waals surface area (Å²) >= 11 is 0. The first-order valence-electron chi connectivity index (χ1n) is 12.8. The van der Waals surface area contributed by atoms with E-state index in [-0.39, 0.29) is 5.91 Å². The number of hydrogen-bond donors (Lipinski definition) is 2. The molecule has 0 spiro atoms. The van der Waals surface area contributed by atoms with Gasteiger partial charge in [-0.1, -0.05) is 13.3 Å². The number of nitrogens with zero attached hydrogens (tertiary/aromatic N) is 2. The summed E-state index contributed by atoms with van der Waals surface area (Å²) in [7, 11) is 1.85. The van der Waals surface area contributed by atoms with Crippen LogP contribution in [0, 0.1) is 40.9 Å². The number of aryl methyl sites for hydroxylation is 1. The second-order valence-corrected chi connectivity index (χ2v) is 11.9. The lowest BCUT2D eigenvalue weighted by atomic mass is 9.45. The topological polar surface area (TPSA) is 67.2 Å². The van der Waals surface area contributed by atoms with Crippen molar-refractivity contribution in [2.24, 2.45) is 48.0 Å². The molecule has 5 rings (SSSR count). The van der Waals surface area contributed by atoms with Crippen LogP contribution < -0.4 is 5.32 Å². The van der Waals surface area contributed by atoms with E-state index in [1.54, 1.807) is 10.7 Å². The van der Waals surface area contributed by atoms with Crippen LogP contribution in [0.3, 0.4) is 0 Å². The molecule has 1 aromatic heterocycles. The summed E-state index contributed by atoms with van der Waals surface area (Å²) < 4.78 is 1.69. The fraction of sp³-hybridized carbons (Fsp3) is 0.846. The standard InChI is InChI=1S/C26H41N3O2/c1-25(31)12-9-19-17(15-25)7-8-21-20(19)10-13-26(2)18(5-4-6-22(21)26)16-27-24(30)23-11-14-29(3)28-23/h11,14,17-22,31H,4-10,12-13,15-16H2,1-3H3,(H,27,30)/t17-,18-,19+,20-,21-,22+,25-,26-/m1/s1. The quantitative estimate of drug-likeness (QED) is 0.743. The van der Waals surface area contributed by atoms with Gasteiger partial charge < -0.3 is 10.4 Å². The van der Waals surface area contributed by atoms with Gasteiger partial charge in [-0.3, -0.25) is 9.48 Å². The third-order valence-electron chi connectivity index (χ3n) is 10.1. The molecular formula is C26H41N3O2. The first-order valence-corrected chi connectivity index (χ1v) is 12.8. The minimum atomic E-state index is -0.432. The van der Waals surface area contributed by atoms with Crippen molar-refractivity contribution in [1.82, 2.24) is 15.1 Å². The van der Waals surface area contributed by atoms with Crippen molar-refractivity contribution in [2.75, 3.05) is 6.54 Å². The smallest absolute Gasteiger partial charge is 0.271 e. The monoisotopic (exact) mass is 427 g/mol. The zero-order valence-electron chi connectivity index (χ0n) is 19.6. The van der Waals surface area contributed by atoms with Crippen LogP contribution in [-0.2, 0) is 7.05 Å². The fourth-order valence-corrected chi connectivity index (χ4v) is 8.57. The van der Waals surface area contributed by atoms with Crippen LogP contribution in [0.5, 0.6) is 0 Å². The molecule has 1 amide bonds. The van der Waals surface area contributed by atoms with Gasteiger partial charge in [-0.05, 0) is 112 Å². The minimum absolute atomic E-state index is 0.0326. The van der Waals surface area contributed by atoms with Crippen molar-refractivity contribution in [3.8, 4) is 0 Å². The zero-order chi connectivity index (χ0) is 21.8. The number of aromatic nitrogens is 2. The maximum atomic E-state index is 12.6. The minimum Gasteiger partial charge on any atom is -0.390 e. The Labute approximate surface area is 187 Å². The van der Waals surface area contributed by atoms with Gasteiger partial charge >= 0.3 is 0 Å². The average Bonchev–Trinajstić information content (AvgIpc) is 3.17. The number of hydrogen-bond acceptors (Lipinski definition) is 3. The van der Waals surface area contributed by atoms with E-state index in [4.69, 9.17) is 0 Å². The van der Waals surface area contributed by atoms with Crippen molar-refractivity contribution >= 4 is 5.91 Å². The Hall–Kier alpha value is -1.36. The molecule has 0 aromatic carbocycles. The summed E-state index contributed by atoms with van der Waals surface area (Å²) in [6.07, 6.45) is 14.3. The molecule has 1 heterocycles. The number of carbonyl (C=O) groups excluding carboxylic acids is 1. The van der Waals surface area contributed by atoms with Crippen LogP contribution in [0.15, 0.2) is 12.3 Å². The van der Waals surface area contributed by atoms with Crippen LogP contribution in [0.2, 0.25) is 0 Å². The van der Waals surface area contributed by atoms with E-state index in [9.17, 15) is 9.90 Å². The first kappa shape index (κ1) is 21.5. The lowest BCUT2D eigenvalue weighted by molar-refractivity contribution is -0.125. The zero-order valence-corrected chi connectivity index (χ0v) is 19.6. The van der Waals surface area contributed by atoms with Crippen LogP contribution in [0.4, 0.5) is 0 Å². The molecule has 0 saturated heterocycles. The Bertz CT molecular complexity index is 817. The summed E-state index contributed by atoms with van der Waals surface area (Å²) in [5.41, 5.74) is 0.443. The van der Waals surface area contributed by atoms with Gasteiger partial charge in [0.15, 0.2) is 0 Å². The SMILES string of the molecule is Cn1ccc(C(=O)NC[C@H]2CCC[C@H]3[C@@H]4CC[C@@H]5C[C@](C)(O)CC[C@@H]5[C@H]4CC[C@]23C)n1. The Balaban J connectivity index is 1.27. The Morgan fingerprint density at radius 1 is 1.13 bits per heavy atom. The van der Waals surface area contributed by atoms with Crippen LogP contribution >= 0.6 is 0 Å². The van der Waals surface area contributed by atoms with Crippen LogP contribution in [0.25, 0.3) is 0 Å². The summed E-state index contributed by atoms with van der Waals surface area (Å²) in [6, 6.07) is 1.80. The molecule has 1 aromatic rings. The van der Waals surface area contributed by atoms with Crippen molar-refractivity contribution in [3.05, 3.63) is 18.0 Å². The molecule has 2 N–H and O–H groups in total. The van der Waals surface area contributed by atoms with Gasteiger partial charge in [0, 0.05) is 19.8 Å². The van der Waals surface area contributed by atoms with E-state index in [0.717, 1.165) is 49.0 Å².